The molecule has 0 fully saturated rings. The summed E-state index contributed by atoms with van der Waals surface area (Å²) in [6.45, 7) is 3.42. The third-order valence-corrected chi connectivity index (χ3v) is 4.32. The van der Waals surface area contributed by atoms with E-state index in [1.165, 1.54) is 18.2 Å². The largest absolute Gasteiger partial charge is 0.459 e. The number of nitrogens with one attached hydrogen (secondary N) is 2. The Morgan fingerprint density at radius 2 is 1.85 bits per heavy atom. The summed E-state index contributed by atoms with van der Waals surface area (Å²) < 4.78 is 19.9. The van der Waals surface area contributed by atoms with Gasteiger partial charge in [-0.2, -0.15) is 0 Å². The van der Waals surface area contributed by atoms with Crippen molar-refractivity contribution in [2.24, 2.45) is 0 Å². The SMILES string of the molecule is CC(C)OC(=O)C1=C(c2ccccc2)NC(=O)NC1c1c(F)cccc1Cl. The van der Waals surface area contributed by atoms with Crippen LogP contribution in [0.2, 0.25) is 5.02 Å². The van der Waals surface area contributed by atoms with Gasteiger partial charge in [-0.25, -0.2) is 14.0 Å². The van der Waals surface area contributed by atoms with Crippen molar-refractivity contribution in [3.05, 3.63) is 76.1 Å². The molecule has 2 aromatic carbocycles. The third-order valence-electron chi connectivity index (χ3n) is 3.99. The molecule has 3 rings (SSSR count). The molecule has 2 N–H and O–H groups in total. The number of benzene rings is 2. The minimum Gasteiger partial charge on any atom is -0.459 e. The predicted molar refractivity (Wildman–Crippen MR) is 100 cm³/mol. The lowest BCUT2D eigenvalue weighted by molar-refractivity contribution is -0.143. The Morgan fingerprint density at radius 1 is 1.15 bits per heavy atom. The second-order valence-corrected chi connectivity index (χ2v) is 6.68. The van der Waals surface area contributed by atoms with Gasteiger partial charge in [0.25, 0.3) is 0 Å². The minimum absolute atomic E-state index is 0.0122. The number of ether oxygens (including phenoxy) is 1. The quantitative estimate of drug-likeness (QED) is 0.771. The summed E-state index contributed by atoms with van der Waals surface area (Å²) in [5.41, 5.74) is 0.953. The summed E-state index contributed by atoms with van der Waals surface area (Å²) in [6.07, 6.45) is -0.392. The van der Waals surface area contributed by atoms with Gasteiger partial charge in [0.1, 0.15) is 5.82 Å². The van der Waals surface area contributed by atoms with E-state index in [9.17, 15) is 14.0 Å². The number of carbonyl (C=O) groups is 2. The molecule has 0 radical (unpaired) electrons. The first-order valence-electron chi connectivity index (χ1n) is 8.40. The van der Waals surface area contributed by atoms with E-state index in [2.05, 4.69) is 10.6 Å². The first-order valence-corrected chi connectivity index (χ1v) is 8.78. The summed E-state index contributed by atoms with van der Waals surface area (Å²) in [4.78, 5) is 25.1. The number of esters is 1. The fourth-order valence-electron chi connectivity index (χ4n) is 2.90. The van der Waals surface area contributed by atoms with Crippen LogP contribution in [0.5, 0.6) is 0 Å². The van der Waals surface area contributed by atoms with Crippen LogP contribution in [0.25, 0.3) is 5.70 Å². The molecule has 1 aliphatic heterocycles. The van der Waals surface area contributed by atoms with Gasteiger partial charge in [0.05, 0.1) is 23.4 Å². The average molecular weight is 389 g/mol. The zero-order chi connectivity index (χ0) is 19.6. The molecule has 0 aromatic heterocycles. The zero-order valence-electron chi connectivity index (χ0n) is 14.8. The van der Waals surface area contributed by atoms with E-state index in [4.69, 9.17) is 16.3 Å². The lowest BCUT2D eigenvalue weighted by atomic mass is 9.92. The average Bonchev–Trinajstić information content (AvgIpc) is 2.61. The van der Waals surface area contributed by atoms with Crippen molar-refractivity contribution in [2.75, 3.05) is 0 Å². The van der Waals surface area contributed by atoms with Gasteiger partial charge in [-0.3, -0.25) is 0 Å². The molecule has 1 aliphatic rings. The highest BCUT2D eigenvalue weighted by Gasteiger charge is 2.37. The van der Waals surface area contributed by atoms with E-state index >= 15 is 0 Å². The van der Waals surface area contributed by atoms with Crippen molar-refractivity contribution < 1.29 is 18.7 Å². The van der Waals surface area contributed by atoms with E-state index in [1.807, 2.05) is 6.07 Å². The van der Waals surface area contributed by atoms with Gasteiger partial charge < -0.3 is 15.4 Å². The molecule has 2 amide bonds. The molecule has 27 heavy (non-hydrogen) atoms. The van der Waals surface area contributed by atoms with Crippen molar-refractivity contribution in [1.29, 1.82) is 0 Å². The molecule has 5 nitrogen and oxygen atoms in total. The molecule has 140 valence electrons. The molecule has 0 spiro atoms. The number of halogens is 2. The Hall–Kier alpha value is -2.86. The molecule has 2 aromatic rings. The molecule has 0 bridgehead atoms. The standard InChI is InChI=1S/C20H18ClFN2O3/c1-11(2)27-19(25)16-17(12-7-4-3-5-8-12)23-20(26)24-18(16)15-13(21)9-6-10-14(15)22/h3-11,18H,1-2H3,(H2,23,24,26). The number of urea groups is 1. The number of hydrogen-bond donors (Lipinski definition) is 2. The third kappa shape index (κ3) is 3.95. The molecular formula is C20H18ClFN2O3. The maximum absolute atomic E-state index is 14.6. The van der Waals surface area contributed by atoms with Crippen LogP contribution in [0.15, 0.2) is 54.1 Å². The van der Waals surface area contributed by atoms with Crippen molar-refractivity contribution in [1.82, 2.24) is 10.6 Å². The van der Waals surface area contributed by atoms with Gasteiger partial charge in [-0.15, -0.1) is 0 Å². The van der Waals surface area contributed by atoms with Crippen LogP contribution in [0.4, 0.5) is 9.18 Å². The summed E-state index contributed by atoms with van der Waals surface area (Å²) in [5, 5.41) is 5.33. The Kier molecular flexibility index (Phi) is 5.46. The normalized spacial score (nSPS) is 16.8. The molecule has 7 heteroatoms. The number of amides is 2. The topological polar surface area (TPSA) is 67.4 Å². The Labute approximate surface area is 161 Å². The zero-order valence-corrected chi connectivity index (χ0v) is 15.5. The summed E-state index contributed by atoms with van der Waals surface area (Å²) >= 11 is 6.19. The first kappa shape index (κ1) is 18.9. The van der Waals surface area contributed by atoms with Crippen molar-refractivity contribution >= 4 is 29.3 Å². The van der Waals surface area contributed by atoms with Gasteiger partial charge >= 0.3 is 12.0 Å². The van der Waals surface area contributed by atoms with E-state index < -0.39 is 30.0 Å². The minimum atomic E-state index is -1.09. The van der Waals surface area contributed by atoms with Crippen LogP contribution in [-0.2, 0) is 9.53 Å². The predicted octanol–water partition coefficient (Wildman–Crippen LogP) is 4.20. The maximum atomic E-state index is 14.6. The van der Waals surface area contributed by atoms with Gasteiger partial charge in [-0.05, 0) is 31.5 Å². The smallest absolute Gasteiger partial charge is 0.338 e. The van der Waals surface area contributed by atoms with E-state index in [-0.39, 0.29) is 21.9 Å². The highest BCUT2D eigenvalue weighted by atomic mass is 35.5. The van der Waals surface area contributed by atoms with Crippen molar-refractivity contribution in [3.63, 3.8) is 0 Å². The fourth-order valence-corrected chi connectivity index (χ4v) is 3.17. The molecule has 0 aliphatic carbocycles. The summed E-state index contributed by atoms with van der Waals surface area (Å²) in [5.74, 6) is -1.29. The lowest BCUT2D eigenvalue weighted by Gasteiger charge is -2.30. The second kappa shape index (κ2) is 7.80. The van der Waals surface area contributed by atoms with E-state index in [1.54, 1.807) is 38.1 Å². The van der Waals surface area contributed by atoms with Crippen molar-refractivity contribution in [3.8, 4) is 0 Å². The maximum Gasteiger partial charge on any atom is 0.338 e. The van der Waals surface area contributed by atoms with Crippen LogP contribution in [0, 0.1) is 5.82 Å². The number of rotatable bonds is 4. The second-order valence-electron chi connectivity index (χ2n) is 6.28. The van der Waals surface area contributed by atoms with Crippen molar-refractivity contribution in [2.45, 2.75) is 26.0 Å². The molecule has 1 atom stereocenters. The summed E-state index contributed by atoms with van der Waals surface area (Å²) in [6, 6.07) is 11.4. The van der Waals surface area contributed by atoms with Gasteiger partial charge in [0.15, 0.2) is 0 Å². The van der Waals surface area contributed by atoms with E-state index in [0.717, 1.165) is 0 Å². The molecule has 1 unspecified atom stereocenters. The highest BCUT2D eigenvalue weighted by molar-refractivity contribution is 6.31. The monoisotopic (exact) mass is 388 g/mol. The Bertz CT molecular complexity index is 892. The Morgan fingerprint density at radius 3 is 2.48 bits per heavy atom. The fraction of sp³-hybridized carbons (Fsp3) is 0.200. The number of hydrogen-bond acceptors (Lipinski definition) is 3. The van der Waals surface area contributed by atoms with Crippen LogP contribution in [0.1, 0.15) is 31.0 Å². The first-order chi connectivity index (χ1) is 12.9. The lowest BCUT2D eigenvalue weighted by Crippen LogP contribution is -2.45. The van der Waals surface area contributed by atoms with Gasteiger partial charge in [0.2, 0.25) is 0 Å². The van der Waals surface area contributed by atoms with Crippen LogP contribution in [0.3, 0.4) is 0 Å². The van der Waals surface area contributed by atoms with Crippen LogP contribution >= 0.6 is 11.6 Å². The molecular weight excluding hydrogens is 371 g/mol. The van der Waals surface area contributed by atoms with E-state index in [0.29, 0.717) is 5.56 Å². The van der Waals surface area contributed by atoms with Gasteiger partial charge in [-0.1, -0.05) is 48.0 Å². The van der Waals surface area contributed by atoms with Gasteiger partial charge in [0, 0.05) is 10.6 Å². The Balaban J connectivity index is 2.24. The molecule has 0 saturated heterocycles. The number of carbonyl (C=O) groups excluding carboxylic acids is 2. The highest BCUT2D eigenvalue weighted by Crippen LogP contribution is 2.36. The van der Waals surface area contributed by atoms with Crippen LogP contribution in [-0.4, -0.2) is 18.1 Å². The summed E-state index contributed by atoms with van der Waals surface area (Å²) in [7, 11) is 0. The molecule has 1 heterocycles. The van der Waals surface area contributed by atoms with Crippen LogP contribution < -0.4 is 10.6 Å². The molecule has 0 saturated carbocycles.